The fraction of sp³-hybridized carbons (Fsp3) is 0.417. The van der Waals surface area contributed by atoms with Crippen LogP contribution in [0, 0.1) is 11.3 Å². The van der Waals surface area contributed by atoms with E-state index in [-0.39, 0.29) is 0 Å². The van der Waals surface area contributed by atoms with E-state index in [0.717, 1.165) is 5.69 Å². The summed E-state index contributed by atoms with van der Waals surface area (Å²) in [4.78, 5) is 0. The molecular formula is C12H15ClN2O. The molecule has 0 aromatic heterocycles. The summed E-state index contributed by atoms with van der Waals surface area (Å²) in [7, 11) is 0. The van der Waals surface area contributed by atoms with Gasteiger partial charge in [-0.3, -0.25) is 0 Å². The van der Waals surface area contributed by atoms with E-state index < -0.39 is 5.54 Å². The maximum absolute atomic E-state index is 9.11. The minimum absolute atomic E-state index is 0.350. The molecule has 0 amide bonds. The average molecular weight is 239 g/mol. The second-order valence-electron chi connectivity index (χ2n) is 3.71. The number of anilines is 1. The summed E-state index contributed by atoms with van der Waals surface area (Å²) in [6.07, 6.45) is 0. The molecule has 0 aliphatic heterocycles. The van der Waals surface area contributed by atoms with Crippen LogP contribution < -0.4 is 5.32 Å². The van der Waals surface area contributed by atoms with E-state index in [9.17, 15) is 0 Å². The molecule has 3 nitrogen and oxygen atoms in total. The van der Waals surface area contributed by atoms with E-state index >= 15 is 0 Å². The fourth-order valence-corrected chi connectivity index (χ4v) is 1.38. The second-order valence-corrected chi connectivity index (χ2v) is 4.15. The summed E-state index contributed by atoms with van der Waals surface area (Å²) >= 11 is 5.78. The van der Waals surface area contributed by atoms with E-state index in [1.807, 2.05) is 19.1 Å². The van der Waals surface area contributed by atoms with E-state index in [0.29, 0.717) is 18.2 Å². The van der Waals surface area contributed by atoms with Gasteiger partial charge in [0.05, 0.1) is 12.7 Å². The van der Waals surface area contributed by atoms with Crippen molar-refractivity contribution in [3.8, 4) is 6.07 Å². The fourth-order valence-electron chi connectivity index (χ4n) is 1.25. The van der Waals surface area contributed by atoms with Gasteiger partial charge < -0.3 is 10.1 Å². The molecule has 16 heavy (non-hydrogen) atoms. The van der Waals surface area contributed by atoms with Gasteiger partial charge in [0, 0.05) is 17.3 Å². The van der Waals surface area contributed by atoms with Crippen LogP contribution in [0.4, 0.5) is 5.69 Å². The van der Waals surface area contributed by atoms with Crippen LogP contribution in [-0.2, 0) is 4.74 Å². The first-order valence-electron chi connectivity index (χ1n) is 5.12. The van der Waals surface area contributed by atoms with Crippen LogP contribution in [0.25, 0.3) is 0 Å². The van der Waals surface area contributed by atoms with Gasteiger partial charge in [-0.1, -0.05) is 11.6 Å². The molecule has 0 heterocycles. The van der Waals surface area contributed by atoms with Crippen molar-refractivity contribution in [2.24, 2.45) is 0 Å². The number of halogens is 1. The first-order chi connectivity index (χ1) is 7.59. The van der Waals surface area contributed by atoms with Crippen molar-refractivity contribution >= 4 is 17.3 Å². The Balaban J connectivity index is 2.69. The Kier molecular flexibility index (Phi) is 4.60. The molecule has 0 spiro atoms. The largest absolute Gasteiger partial charge is 0.378 e. The van der Waals surface area contributed by atoms with Crippen LogP contribution in [0.2, 0.25) is 5.02 Å². The molecule has 0 aliphatic rings. The van der Waals surface area contributed by atoms with E-state index in [1.54, 1.807) is 19.1 Å². The van der Waals surface area contributed by atoms with Crippen molar-refractivity contribution in [2.75, 3.05) is 18.5 Å². The summed E-state index contributed by atoms with van der Waals surface area (Å²) in [6.45, 7) is 4.65. The quantitative estimate of drug-likeness (QED) is 0.858. The molecule has 1 atom stereocenters. The molecule has 0 fully saturated rings. The molecule has 1 unspecified atom stereocenters. The third kappa shape index (κ3) is 3.73. The van der Waals surface area contributed by atoms with E-state index in [4.69, 9.17) is 21.6 Å². The Morgan fingerprint density at radius 2 is 2.06 bits per heavy atom. The summed E-state index contributed by atoms with van der Waals surface area (Å²) in [5.74, 6) is 0. The topological polar surface area (TPSA) is 45.0 Å². The zero-order chi connectivity index (χ0) is 12.0. The SMILES string of the molecule is CCOCC(C)(C#N)Nc1ccc(Cl)cc1. The number of ether oxygens (including phenoxy) is 1. The van der Waals surface area contributed by atoms with Crippen LogP contribution in [0.3, 0.4) is 0 Å². The first-order valence-corrected chi connectivity index (χ1v) is 5.50. The van der Waals surface area contributed by atoms with Crippen molar-refractivity contribution < 1.29 is 4.74 Å². The maximum Gasteiger partial charge on any atom is 0.146 e. The van der Waals surface area contributed by atoms with Gasteiger partial charge in [-0.15, -0.1) is 0 Å². The summed E-state index contributed by atoms with van der Waals surface area (Å²) < 4.78 is 5.27. The number of nitrogens with one attached hydrogen (secondary N) is 1. The number of hydrogen-bond acceptors (Lipinski definition) is 3. The first kappa shape index (κ1) is 12.8. The second kappa shape index (κ2) is 5.74. The van der Waals surface area contributed by atoms with Crippen molar-refractivity contribution in [3.63, 3.8) is 0 Å². The molecule has 86 valence electrons. The Morgan fingerprint density at radius 3 is 2.56 bits per heavy atom. The maximum atomic E-state index is 9.11. The average Bonchev–Trinajstić information content (AvgIpc) is 2.30. The molecule has 0 radical (unpaired) electrons. The molecule has 0 bridgehead atoms. The van der Waals surface area contributed by atoms with Gasteiger partial charge >= 0.3 is 0 Å². The minimum Gasteiger partial charge on any atom is -0.378 e. The smallest absolute Gasteiger partial charge is 0.146 e. The van der Waals surface area contributed by atoms with E-state index in [2.05, 4.69) is 11.4 Å². The molecule has 0 saturated carbocycles. The van der Waals surface area contributed by atoms with Gasteiger partial charge in [0.15, 0.2) is 0 Å². The molecule has 0 aliphatic carbocycles. The minimum atomic E-state index is -0.718. The normalized spacial score (nSPS) is 13.9. The van der Waals surface area contributed by atoms with E-state index in [1.165, 1.54) is 0 Å². The van der Waals surface area contributed by atoms with Gasteiger partial charge in [0.25, 0.3) is 0 Å². The van der Waals surface area contributed by atoms with Crippen LogP contribution in [0.5, 0.6) is 0 Å². The van der Waals surface area contributed by atoms with Gasteiger partial charge in [-0.25, -0.2) is 0 Å². The molecule has 4 heteroatoms. The van der Waals surface area contributed by atoms with Crippen molar-refractivity contribution in [1.29, 1.82) is 5.26 Å². The number of nitrogens with zero attached hydrogens (tertiary/aromatic N) is 1. The molecule has 1 aromatic carbocycles. The van der Waals surface area contributed by atoms with Gasteiger partial charge in [-0.2, -0.15) is 5.26 Å². The van der Waals surface area contributed by atoms with Crippen LogP contribution in [-0.4, -0.2) is 18.8 Å². The Bertz CT molecular complexity index is 372. The number of hydrogen-bond donors (Lipinski definition) is 1. The van der Waals surface area contributed by atoms with Crippen LogP contribution in [0.15, 0.2) is 24.3 Å². The number of rotatable bonds is 5. The highest BCUT2D eigenvalue weighted by molar-refractivity contribution is 6.30. The molecule has 1 rings (SSSR count). The third-order valence-corrected chi connectivity index (χ3v) is 2.36. The monoisotopic (exact) mass is 238 g/mol. The molecule has 0 saturated heterocycles. The third-order valence-electron chi connectivity index (χ3n) is 2.11. The predicted octanol–water partition coefficient (Wildman–Crippen LogP) is 3.07. The zero-order valence-electron chi connectivity index (χ0n) is 9.46. The molecular weight excluding hydrogens is 224 g/mol. The summed E-state index contributed by atoms with van der Waals surface area (Å²) in [5, 5.41) is 12.9. The lowest BCUT2D eigenvalue weighted by atomic mass is 10.1. The molecule has 1 N–H and O–H groups in total. The van der Waals surface area contributed by atoms with Crippen molar-refractivity contribution in [1.82, 2.24) is 0 Å². The summed E-state index contributed by atoms with van der Waals surface area (Å²) in [6, 6.07) is 9.44. The van der Waals surface area contributed by atoms with Crippen molar-refractivity contribution in [2.45, 2.75) is 19.4 Å². The van der Waals surface area contributed by atoms with Crippen LogP contribution in [0.1, 0.15) is 13.8 Å². The Labute approximate surface area is 101 Å². The standard InChI is InChI=1S/C12H15ClN2O/c1-3-16-9-12(2,8-14)15-11-6-4-10(13)5-7-11/h4-7,15H,3,9H2,1-2H3. The highest BCUT2D eigenvalue weighted by atomic mass is 35.5. The molecule has 1 aromatic rings. The van der Waals surface area contributed by atoms with Gasteiger partial charge in [0.2, 0.25) is 0 Å². The number of benzene rings is 1. The Morgan fingerprint density at radius 1 is 1.44 bits per heavy atom. The zero-order valence-corrected chi connectivity index (χ0v) is 10.2. The lowest BCUT2D eigenvalue weighted by molar-refractivity contribution is 0.125. The lowest BCUT2D eigenvalue weighted by Crippen LogP contribution is -2.38. The highest BCUT2D eigenvalue weighted by Gasteiger charge is 2.23. The van der Waals surface area contributed by atoms with Crippen LogP contribution >= 0.6 is 11.6 Å². The van der Waals surface area contributed by atoms with Crippen molar-refractivity contribution in [3.05, 3.63) is 29.3 Å². The predicted molar refractivity (Wildman–Crippen MR) is 65.6 cm³/mol. The lowest BCUT2D eigenvalue weighted by Gasteiger charge is -2.24. The van der Waals surface area contributed by atoms with Gasteiger partial charge in [-0.05, 0) is 38.1 Å². The Hall–Kier alpha value is -1.24. The summed E-state index contributed by atoms with van der Waals surface area (Å²) in [5.41, 5.74) is 0.136. The number of nitriles is 1. The van der Waals surface area contributed by atoms with Gasteiger partial charge in [0.1, 0.15) is 5.54 Å². The highest BCUT2D eigenvalue weighted by Crippen LogP contribution is 2.18.